The van der Waals surface area contributed by atoms with Crippen molar-refractivity contribution >= 4 is 34.7 Å². The Hall–Kier alpha value is -1.98. The van der Waals surface area contributed by atoms with Crippen LogP contribution in [0.15, 0.2) is 48.2 Å². The third kappa shape index (κ3) is 3.67. The minimum absolute atomic E-state index is 0.407. The SMILES string of the molecule is O=C(NC1=C(c2ccc(Cl)cc2Cl)CC1)c1ccccc1C(F)(F)F. The van der Waals surface area contributed by atoms with E-state index in [1.807, 2.05) is 0 Å². The van der Waals surface area contributed by atoms with Crippen LogP contribution in [0.2, 0.25) is 10.0 Å². The molecule has 0 unspecified atom stereocenters. The number of amides is 1. The Labute approximate surface area is 152 Å². The lowest BCUT2D eigenvalue weighted by Gasteiger charge is -2.26. The van der Waals surface area contributed by atoms with E-state index in [4.69, 9.17) is 23.2 Å². The highest BCUT2D eigenvalue weighted by atomic mass is 35.5. The van der Waals surface area contributed by atoms with Crippen molar-refractivity contribution in [2.45, 2.75) is 19.0 Å². The van der Waals surface area contributed by atoms with Gasteiger partial charge in [0.2, 0.25) is 0 Å². The van der Waals surface area contributed by atoms with Gasteiger partial charge in [-0.3, -0.25) is 4.79 Å². The topological polar surface area (TPSA) is 29.1 Å². The Morgan fingerprint density at radius 3 is 2.36 bits per heavy atom. The first-order chi connectivity index (χ1) is 11.8. The summed E-state index contributed by atoms with van der Waals surface area (Å²) in [6, 6.07) is 9.69. The number of hydrogen-bond donors (Lipinski definition) is 1. The van der Waals surface area contributed by atoms with Gasteiger partial charge < -0.3 is 5.32 Å². The Balaban J connectivity index is 1.89. The van der Waals surface area contributed by atoms with Crippen LogP contribution in [0.5, 0.6) is 0 Å². The van der Waals surface area contributed by atoms with E-state index in [0.29, 0.717) is 28.6 Å². The van der Waals surface area contributed by atoms with Gasteiger partial charge in [0.1, 0.15) is 0 Å². The minimum Gasteiger partial charge on any atom is -0.325 e. The molecule has 0 saturated heterocycles. The summed E-state index contributed by atoms with van der Waals surface area (Å²) in [6.07, 6.45) is -3.35. The lowest BCUT2D eigenvalue weighted by Crippen LogP contribution is -2.29. The van der Waals surface area contributed by atoms with Crippen LogP contribution < -0.4 is 5.32 Å². The lowest BCUT2D eigenvalue weighted by molar-refractivity contribution is -0.137. The molecule has 2 aromatic carbocycles. The number of nitrogens with one attached hydrogen (secondary N) is 1. The molecule has 2 aromatic rings. The fourth-order valence-corrected chi connectivity index (χ4v) is 3.20. The second kappa shape index (κ2) is 6.73. The van der Waals surface area contributed by atoms with Crippen LogP contribution in [0.4, 0.5) is 13.2 Å². The van der Waals surface area contributed by atoms with Gasteiger partial charge >= 0.3 is 6.18 Å². The van der Waals surface area contributed by atoms with Crippen molar-refractivity contribution in [1.29, 1.82) is 0 Å². The van der Waals surface area contributed by atoms with Crippen LogP contribution >= 0.6 is 23.2 Å². The van der Waals surface area contributed by atoms with Crippen molar-refractivity contribution in [3.63, 3.8) is 0 Å². The maximum Gasteiger partial charge on any atom is 0.417 e. The predicted molar refractivity (Wildman–Crippen MR) is 91.5 cm³/mol. The normalized spacial score (nSPS) is 14.3. The van der Waals surface area contributed by atoms with Crippen molar-refractivity contribution in [2.75, 3.05) is 0 Å². The van der Waals surface area contributed by atoms with E-state index in [-0.39, 0.29) is 0 Å². The summed E-state index contributed by atoms with van der Waals surface area (Å²) in [5.74, 6) is -0.787. The smallest absolute Gasteiger partial charge is 0.325 e. The number of carbonyl (C=O) groups excluding carboxylic acids is 1. The van der Waals surface area contributed by atoms with Crippen molar-refractivity contribution in [3.8, 4) is 0 Å². The average molecular weight is 386 g/mol. The first-order valence-corrected chi connectivity index (χ1v) is 8.18. The highest BCUT2D eigenvalue weighted by Gasteiger charge is 2.35. The number of halogens is 5. The molecule has 0 heterocycles. The van der Waals surface area contributed by atoms with E-state index in [0.717, 1.165) is 23.3 Å². The number of hydrogen-bond acceptors (Lipinski definition) is 1. The summed E-state index contributed by atoms with van der Waals surface area (Å²) in [5.41, 5.74) is 0.733. The predicted octanol–water partition coefficient (Wildman–Crippen LogP) is 5.95. The molecule has 1 amide bonds. The number of rotatable bonds is 3. The van der Waals surface area contributed by atoms with Crippen molar-refractivity contribution in [1.82, 2.24) is 5.32 Å². The summed E-state index contributed by atoms with van der Waals surface area (Å²) in [5, 5.41) is 3.50. The fourth-order valence-electron chi connectivity index (χ4n) is 2.68. The molecular formula is C18H12Cl2F3NO. The zero-order chi connectivity index (χ0) is 18.2. The van der Waals surface area contributed by atoms with Gasteiger partial charge in [-0.15, -0.1) is 0 Å². The molecule has 0 radical (unpaired) electrons. The molecule has 0 atom stereocenters. The monoisotopic (exact) mass is 385 g/mol. The van der Waals surface area contributed by atoms with Gasteiger partial charge in [0.15, 0.2) is 0 Å². The maximum atomic E-state index is 13.1. The van der Waals surface area contributed by atoms with Gasteiger partial charge in [0, 0.05) is 15.7 Å². The van der Waals surface area contributed by atoms with E-state index < -0.39 is 23.2 Å². The minimum atomic E-state index is -4.59. The Morgan fingerprint density at radius 1 is 1.04 bits per heavy atom. The maximum absolute atomic E-state index is 13.1. The largest absolute Gasteiger partial charge is 0.417 e. The van der Waals surface area contributed by atoms with Crippen molar-refractivity contribution in [2.24, 2.45) is 0 Å². The molecule has 1 aliphatic rings. The number of allylic oxidation sites excluding steroid dienone is 2. The van der Waals surface area contributed by atoms with Crippen molar-refractivity contribution < 1.29 is 18.0 Å². The van der Waals surface area contributed by atoms with Crippen LogP contribution in [-0.4, -0.2) is 5.91 Å². The molecule has 1 aliphatic carbocycles. The van der Waals surface area contributed by atoms with Gasteiger partial charge in [0.05, 0.1) is 11.1 Å². The van der Waals surface area contributed by atoms with Gasteiger partial charge in [-0.05, 0) is 48.2 Å². The Morgan fingerprint density at radius 2 is 1.76 bits per heavy atom. The summed E-state index contributed by atoms with van der Waals surface area (Å²) < 4.78 is 39.2. The summed E-state index contributed by atoms with van der Waals surface area (Å²) in [4.78, 5) is 12.3. The number of alkyl halides is 3. The van der Waals surface area contributed by atoms with Crippen LogP contribution in [0.1, 0.15) is 34.3 Å². The zero-order valence-electron chi connectivity index (χ0n) is 12.8. The zero-order valence-corrected chi connectivity index (χ0v) is 14.3. The van der Waals surface area contributed by atoms with Crippen LogP contribution in [0, 0.1) is 0 Å². The molecule has 25 heavy (non-hydrogen) atoms. The first-order valence-electron chi connectivity index (χ1n) is 7.42. The number of carbonyl (C=O) groups is 1. The van der Waals surface area contributed by atoms with Crippen LogP contribution in [-0.2, 0) is 6.18 Å². The summed E-state index contributed by atoms with van der Waals surface area (Å²) in [7, 11) is 0. The number of benzene rings is 2. The molecule has 0 fully saturated rings. The molecule has 0 aliphatic heterocycles. The second-order valence-corrected chi connectivity index (χ2v) is 6.42. The van der Waals surface area contributed by atoms with Crippen LogP contribution in [0.3, 0.4) is 0 Å². The molecule has 7 heteroatoms. The van der Waals surface area contributed by atoms with E-state index in [1.54, 1.807) is 18.2 Å². The van der Waals surface area contributed by atoms with Gasteiger partial charge in [-0.1, -0.05) is 41.4 Å². The third-order valence-electron chi connectivity index (χ3n) is 3.99. The van der Waals surface area contributed by atoms with Gasteiger partial charge in [0.25, 0.3) is 5.91 Å². The van der Waals surface area contributed by atoms with Crippen molar-refractivity contribution in [3.05, 3.63) is 74.9 Å². The third-order valence-corrected chi connectivity index (χ3v) is 4.53. The molecule has 1 N–H and O–H groups in total. The Kier molecular flexibility index (Phi) is 4.80. The highest BCUT2D eigenvalue weighted by molar-refractivity contribution is 6.35. The lowest BCUT2D eigenvalue weighted by atomic mass is 9.88. The molecule has 0 bridgehead atoms. The quantitative estimate of drug-likeness (QED) is 0.694. The fraction of sp³-hybridized carbons (Fsp3) is 0.167. The van der Waals surface area contributed by atoms with Crippen LogP contribution in [0.25, 0.3) is 5.57 Å². The van der Waals surface area contributed by atoms with E-state index in [1.165, 1.54) is 12.1 Å². The van der Waals surface area contributed by atoms with E-state index >= 15 is 0 Å². The first kappa shape index (κ1) is 17.8. The molecule has 2 nitrogen and oxygen atoms in total. The van der Waals surface area contributed by atoms with Gasteiger partial charge in [-0.2, -0.15) is 13.2 Å². The Bertz CT molecular complexity index is 875. The molecule has 3 rings (SSSR count). The molecular weight excluding hydrogens is 374 g/mol. The average Bonchev–Trinajstić information content (AvgIpc) is 2.53. The van der Waals surface area contributed by atoms with E-state index in [2.05, 4.69) is 5.32 Å². The molecule has 130 valence electrons. The van der Waals surface area contributed by atoms with Gasteiger partial charge in [-0.25, -0.2) is 0 Å². The molecule has 0 aromatic heterocycles. The van der Waals surface area contributed by atoms with E-state index in [9.17, 15) is 18.0 Å². The highest BCUT2D eigenvalue weighted by Crippen LogP contribution is 2.39. The summed E-state index contributed by atoms with van der Waals surface area (Å²) in [6.45, 7) is 0. The standard InChI is InChI=1S/C18H12Cl2F3NO/c19-10-5-6-11(15(20)9-10)12-7-8-16(12)24-17(25)13-3-1-2-4-14(13)18(21,22)23/h1-6,9H,7-8H2,(H,24,25). The summed E-state index contributed by atoms with van der Waals surface area (Å²) >= 11 is 12.0. The molecule has 0 saturated carbocycles. The second-order valence-electron chi connectivity index (χ2n) is 5.58. The molecule has 0 spiro atoms.